The zero-order chi connectivity index (χ0) is 27.2. The molecule has 2 aromatic heterocycles. The molecule has 0 bridgehead atoms. The zero-order valence-electron chi connectivity index (χ0n) is 19.4. The van der Waals surface area contributed by atoms with Crippen LogP contribution in [0.2, 0.25) is 0 Å². The Morgan fingerprint density at radius 1 is 0.947 bits per heavy atom. The smallest absolute Gasteiger partial charge is 0.435 e. The maximum atomic E-state index is 14.0. The van der Waals surface area contributed by atoms with Gasteiger partial charge in [0.25, 0.3) is 0 Å². The number of halogens is 6. The van der Waals surface area contributed by atoms with Crippen molar-refractivity contribution in [3.8, 4) is 11.1 Å². The van der Waals surface area contributed by atoms with Crippen LogP contribution in [0, 0.1) is 17.5 Å². The van der Waals surface area contributed by atoms with Gasteiger partial charge in [-0.15, -0.1) is 11.3 Å². The number of aliphatic hydroxyl groups is 1. The van der Waals surface area contributed by atoms with E-state index in [9.17, 15) is 31.4 Å². The van der Waals surface area contributed by atoms with Crippen LogP contribution in [-0.4, -0.2) is 19.9 Å². The van der Waals surface area contributed by atoms with Gasteiger partial charge in [0.15, 0.2) is 17.3 Å². The third-order valence-corrected chi connectivity index (χ3v) is 6.88. The van der Waals surface area contributed by atoms with E-state index in [0.29, 0.717) is 16.6 Å². The standard InChI is InChI=1S/C27H17F6N3OS/c1-14(37)19-13-36(35-26(19)27(31,32)33)12-15-5-7-17(8-6-15)18-4-2-3-16(9-18)10-22-34-24-23(30)20(28)11-21(29)25(24)38-22/h2-9,11,13,37H,1,10,12H2. The van der Waals surface area contributed by atoms with Crippen LogP contribution < -0.4 is 0 Å². The average Bonchev–Trinajstić information content (AvgIpc) is 3.49. The molecule has 0 unspecified atom stereocenters. The second-order valence-corrected chi connectivity index (χ2v) is 9.63. The molecule has 0 atom stereocenters. The number of nitrogens with zero attached hydrogens (tertiary/aromatic N) is 3. The molecule has 0 aliphatic heterocycles. The molecule has 1 N–H and O–H groups in total. The lowest BCUT2D eigenvalue weighted by Crippen LogP contribution is -2.10. The Kier molecular flexibility index (Phi) is 6.47. The molecular weight excluding hydrogens is 528 g/mol. The molecule has 0 fully saturated rings. The van der Waals surface area contributed by atoms with Gasteiger partial charge >= 0.3 is 6.18 Å². The van der Waals surface area contributed by atoms with Gasteiger partial charge in [-0.05, 0) is 22.3 Å². The van der Waals surface area contributed by atoms with Crippen molar-refractivity contribution in [3.05, 3.63) is 112 Å². The number of aromatic nitrogens is 3. The van der Waals surface area contributed by atoms with Gasteiger partial charge in [0.1, 0.15) is 17.1 Å². The molecule has 2 heterocycles. The lowest BCUT2D eigenvalue weighted by molar-refractivity contribution is -0.141. The fourth-order valence-corrected chi connectivity index (χ4v) is 5.05. The summed E-state index contributed by atoms with van der Waals surface area (Å²) < 4.78 is 82.2. The predicted molar refractivity (Wildman–Crippen MR) is 132 cm³/mol. The molecule has 194 valence electrons. The van der Waals surface area contributed by atoms with Gasteiger partial charge in [0.05, 0.1) is 21.8 Å². The average molecular weight is 546 g/mol. The monoisotopic (exact) mass is 545 g/mol. The highest BCUT2D eigenvalue weighted by atomic mass is 32.1. The van der Waals surface area contributed by atoms with E-state index in [4.69, 9.17) is 0 Å². The molecule has 0 radical (unpaired) electrons. The number of thiazole rings is 1. The molecule has 3 aromatic carbocycles. The van der Waals surface area contributed by atoms with Crippen molar-refractivity contribution in [3.63, 3.8) is 0 Å². The molecule has 11 heteroatoms. The highest BCUT2D eigenvalue weighted by molar-refractivity contribution is 7.18. The predicted octanol–water partition coefficient (Wildman–Crippen LogP) is 7.76. The molecule has 0 aliphatic carbocycles. The van der Waals surface area contributed by atoms with Crippen molar-refractivity contribution < 1.29 is 31.4 Å². The van der Waals surface area contributed by atoms with Crippen LogP contribution in [0.1, 0.15) is 27.4 Å². The number of hydrogen-bond donors (Lipinski definition) is 1. The normalized spacial score (nSPS) is 11.8. The van der Waals surface area contributed by atoms with E-state index in [1.807, 2.05) is 24.3 Å². The van der Waals surface area contributed by atoms with Gasteiger partial charge in [-0.3, -0.25) is 4.68 Å². The van der Waals surface area contributed by atoms with Gasteiger partial charge in [-0.1, -0.05) is 55.1 Å². The van der Waals surface area contributed by atoms with E-state index in [2.05, 4.69) is 16.7 Å². The van der Waals surface area contributed by atoms with Gasteiger partial charge in [0, 0.05) is 18.7 Å². The first kappa shape index (κ1) is 25.5. The third kappa shape index (κ3) is 5.01. The number of aliphatic hydroxyl groups excluding tert-OH is 1. The van der Waals surface area contributed by atoms with Crippen LogP contribution >= 0.6 is 11.3 Å². The second kappa shape index (κ2) is 9.64. The van der Waals surface area contributed by atoms with Crippen LogP contribution in [0.4, 0.5) is 26.3 Å². The van der Waals surface area contributed by atoms with E-state index in [0.717, 1.165) is 38.9 Å². The Bertz CT molecular complexity index is 1670. The van der Waals surface area contributed by atoms with Crippen LogP contribution in [0.3, 0.4) is 0 Å². The van der Waals surface area contributed by atoms with Crippen LogP contribution in [0.5, 0.6) is 0 Å². The first-order chi connectivity index (χ1) is 18.0. The molecule has 0 amide bonds. The van der Waals surface area contributed by atoms with Crippen molar-refractivity contribution in [2.75, 3.05) is 0 Å². The lowest BCUT2D eigenvalue weighted by atomic mass is 10.0. The summed E-state index contributed by atoms with van der Waals surface area (Å²) >= 11 is 0.959. The Hall–Kier alpha value is -4.12. The molecule has 4 nitrogen and oxygen atoms in total. The van der Waals surface area contributed by atoms with Crippen LogP contribution in [0.25, 0.3) is 27.1 Å². The zero-order valence-corrected chi connectivity index (χ0v) is 20.2. The highest BCUT2D eigenvalue weighted by Gasteiger charge is 2.38. The van der Waals surface area contributed by atoms with E-state index in [1.54, 1.807) is 24.3 Å². The number of hydrogen-bond acceptors (Lipinski definition) is 4. The quantitative estimate of drug-likeness (QED) is 0.135. The summed E-state index contributed by atoms with van der Waals surface area (Å²) in [4.78, 5) is 4.08. The number of benzene rings is 3. The number of rotatable bonds is 6. The summed E-state index contributed by atoms with van der Waals surface area (Å²) in [7, 11) is 0. The van der Waals surface area contributed by atoms with Crippen molar-refractivity contribution >= 4 is 27.3 Å². The summed E-state index contributed by atoms with van der Waals surface area (Å²) in [6.07, 6.45) is -3.35. The molecule has 0 saturated carbocycles. The lowest BCUT2D eigenvalue weighted by Gasteiger charge is -2.07. The maximum absolute atomic E-state index is 14.0. The molecule has 0 aliphatic rings. The van der Waals surface area contributed by atoms with E-state index >= 15 is 0 Å². The van der Waals surface area contributed by atoms with Crippen molar-refractivity contribution in [1.82, 2.24) is 14.8 Å². The Morgan fingerprint density at radius 3 is 2.34 bits per heavy atom. The number of fused-ring (bicyclic) bond motifs is 1. The van der Waals surface area contributed by atoms with Crippen molar-refractivity contribution in [2.45, 2.75) is 19.1 Å². The molecule has 0 saturated heterocycles. The first-order valence-corrected chi connectivity index (χ1v) is 12.0. The third-order valence-electron chi connectivity index (χ3n) is 5.81. The summed E-state index contributed by atoms with van der Waals surface area (Å²) in [5.74, 6) is -4.05. The summed E-state index contributed by atoms with van der Waals surface area (Å²) in [6.45, 7) is 3.21. The SMILES string of the molecule is C=C(O)c1cn(Cc2ccc(-c3cccc(Cc4nc5c(F)c(F)cc(F)c5s4)c3)cc2)nc1C(F)(F)F. The Balaban J connectivity index is 1.35. The summed E-state index contributed by atoms with van der Waals surface area (Å²) in [5, 5.41) is 13.5. The van der Waals surface area contributed by atoms with Gasteiger partial charge in [-0.2, -0.15) is 18.3 Å². The highest BCUT2D eigenvalue weighted by Crippen LogP contribution is 2.33. The molecule has 5 aromatic rings. The van der Waals surface area contributed by atoms with E-state index < -0.39 is 40.6 Å². The van der Waals surface area contributed by atoms with Gasteiger partial charge < -0.3 is 5.11 Å². The fraction of sp³-hybridized carbons (Fsp3) is 0.111. The van der Waals surface area contributed by atoms with Crippen LogP contribution in [-0.2, 0) is 19.1 Å². The Morgan fingerprint density at radius 2 is 1.68 bits per heavy atom. The second-order valence-electron chi connectivity index (χ2n) is 8.55. The van der Waals surface area contributed by atoms with Gasteiger partial charge in [-0.25, -0.2) is 18.2 Å². The van der Waals surface area contributed by atoms with E-state index in [-0.39, 0.29) is 23.2 Å². The van der Waals surface area contributed by atoms with Crippen molar-refractivity contribution in [2.24, 2.45) is 0 Å². The van der Waals surface area contributed by atoms with Crippen molar-refractivity contribution in [1.29, 1.82) is 0 Å². The largest absolute Gasteiger partial charge is 0.508 e. The van der Waals surface area contributed by atoms with Gasteiger partial charge in [0.2, 0.25) is 0 Å². The molecular formula is C27H17F6N3OS. The minimum atomic E-state index is -4.73. The van der Waals surface area contributed by atoms with Crippen LogP contribution in [0.15, 0.2) is 67.4 Å². The minimum absolute atomic E-state index is 0.0411. The molecule has 5 rings (SSSR count). The summed E-state index contributed by atoms with van der Waals surface area (Å²) in [5.41, 5.74) is 1.17. The molecule has 38 heavy (non-hydrogen) atoms. The summed E-state index contributed by atoms with van der Waals surface area (Å²) in [6, 6.07) is 15.0. The topological polar surface area (TPSA) is 50.9 Å². The maximum Gasteiger partial charge on any atom is 0.435 e. The molecule has 0 spiro atoms. The first-order valence-electron chi connectivity index (χ1n) is 11.1. The fourth-order valence-electron chi connectivity index (χ4n) is 4.05. The minimum Gasteiger partial charge on any atom is -0.508 e. The number of alkyl halides is 3. The Labute approximate surface area is 216 Å². The van der Waals surface area contributed by atoms with E-state index in [1.165, 1.54) is 0 Å².